The van der Waals surface area contributed by atoms with Crippen molar-refractivity contribution in [1.82, 2.24) is 0 Å². The van der Waals surface area contributed by atoms with Crippen LogP contribution in [0, 0.1) is 17.2 Å². The summed E-state index contributed by atoms with van der Waals surface area (Å²) in [6.45, 7) is 2.82. The molecule has 2 rings (SSSR count). The fourth-order valence-electron chi connectivity index (χ4n) is 3.07. The molecule has 108 valence electrons. The molecule has 20 heavy (non-hydrogen) atoms. The number of nitrogens with two attached hydrogens (primary N) is 1. The molecule has 0 aliphatic heterocycles. The molecule has 0 aromatic heterocycles. The number of nitrogens with zero attached hydrogens (tertiary/aromatic N) is 1. The quantitative estimate of drug-likeness (QED) is 0.885. The van der Waals surface area contributed by atoms with Gasteiger partial charge in [0.05, 0.1) is 23.9 Å². The van der Waals surface area contributed by atoms with E-state index >= 15 is 0 Å². The van der Waals surface area contributed by atoms with Gasteiger partial charge in [0.2, 0.25) is 0 Å². The fraction of sp³-hybridized carbons (Fsp3) is 0.562. The molecule has 1 aromatic rings. The van der Waals surface area contributed by atoms with Gasteiger partial charge in [0.15, 0.2) is 0 Å². The van der Waals surface area contributed by atoms with Crippen LogP contribution in [-0.2, 0) is 0 Å². The van der Waals surface area contributed by atoms with Crippen molar-refractivity contribution < 1.29 is 4.74 Å². The van der Waals surface area contributed by atoms with Crippen LogP contribution >= 0.6 is 0 Å². The van der Waals surface area contributed by atoms with Crippen LogP contribution in [0.3, 0.4) is 0 Å². The highest BCUT2D eigenvalue weighted by atomic mass is 16.5. The van der Waals surface area contributed by atoms with E-state index in [2.05, 4.69) is 18.3 Å². The summed E-state index contributed by atoms with van der Waals surface area (Å²) < 4.78 is 5.26. The summed E-state index contributed by atoms with van der Waals surface area (Å²) in [4.78, 5) is 0. The van der Waals surface area contributed by atoms with Crippen LogP contribution in [0.15, 0.2) is 18.2 Å². The molecule has 1 saturated carbocycles. The molecule has 2 unspecified atom stereocenters. The maximum Gasteiger partial charge on any atom is 0.121 e. The van der Waals surface area contributed by atoms with Gasteiger partial charge in [-0.15, -0.1) is 0 Å². The molecule has 2 atom stereocenters. The summed E-state index contributed by atoms with van der Waals surface area (Å²) in [5.74, 6) is 1.25. The number of nitriles is 1. The number of hydrogen-bond donors (Lipinski definition) is 2. The van der Waals surface area contributed by atoms with Crippen LogP contribution in [-0.4, -0.2) is 19.2 Å². The standard InChI is InChI=1S/C16H23N3O/c1-12-5-3-4-8-16(12,11-18)19-15-9-14(20-2)7-6-13(15)10-17/h6-7,9,12,19H,3-5,8,11,18H2,1-2H3. The Hall–Kier alpha value is -1.73. The van der Waals surface area contributed by atoms with E-state index in [-0.39, 0.29) is 5.54 Å². The SMILES string of the molecule is COc1ccc(C#N)c(NC2(CN)CCCCC2C)c1. The predicted molar refractivity (Wildman–Crippen MR) is 80.7 cm³/mol. The fourth-order valence-corrected chi connectivity index (χ4v) is 3.07. The first kappa shape index (κ1) is 14.7. The third kappa shape index (κ3) is 2.73. The molecule has 4 heteroatoms. The van der Waals surface area contributed by atoms with Gasteiger partial charge in [0.1, 0.15) is 11.8 Å². The summed E-state index contributed by atoms with van der Waals surface area (Å²) in [5, 5.41) is 12.8. The molecule has 1 aliphatic carbocycles. The first-order valence-corrected chi connectivity index (χ1v) is 7.21. The van der Waals surface area contributed by atoms with Crippen LogP contribution in [0.25, 0.3) is 0 Å². The monoisotopic (exact) mass is 273 g/mol. The van der Waals surface area contributed by atoms with E-state index in [4.69, 9.17) is 10.5 Å². The largest absolute Gasteiger partial charge is 0.497 e. The first-order chi connectivity index (χ1) is 9.65. The van der Waals surface area contributed by atoms with E-state index in [0.717, 1.165) is 17.9 Å². The minimum Gasteiger partial charge on any atom is -0.497 e. The molecular formula is C16H23N3O. The molecule has 0 saturated heterocycles. The number of anilines is 1. The van der Waals surface area contributed by atoms with Crippen molar-refractivity contribution in [3.05, 3.63) is 23.8 Å². The second-order valence-corrected chi connectivity index (χ2v) is 5.66. The molecule has 0 heterocycles. The summed E-state index contributed by atoms with van der Waals surface area (Å²) in [7, 11) is 1.63. The lowest BCUT2D eigenvalue weighted by molar-refractivity contribution is 0.235. The van der Waals surface area contributed by atoms with E-state index in [0.29, 0.717) is 18.0 Å². The van der Waals surface area contributed by atoms with Gasteiger partial charge in [-0.05, 0) is 30.9 Å². The topological polar surface area (TPSA) is 71.1 Å². The zero-order chi connectivity index (χ0) is 14.6. The normalized spacial score (nSPS) is 25.8. The van der Waals surface area contributed by atoms with E-state index in [9.17, 15) is 5.26 Å². The van der Waals surface area contributed by atoms with Crippen molar-refractivity contribution in [1.29, 1.82) is 5.26 Å². The van der Waals surface area contributed by atoms with Crippen molar-refractivity contribution in [3.8, 4) is 11.8 Å². The minimum absolute atomic E-state index is 0.115. The number of methoxy groups -OCH3 is 1. The maximum absolute atomic E-state index is 9.27. The summed E-state index contributed by atoms with van der Waals surface area (Å²) in [6, 6.07) is 7.72. The van der Waals surface area contributed by atoms with Crippen molar-refractivity contribution in [3.63, 3.8) is 0 Å². The lowest BCUT2D eigenvalue weighted by Crippen LogP contribution is -2.52. The third-order valence-electron chi connectivity index (χ3n) is 4.55. The van der Waals surface area contributed by atoms with Crippen LogP contribution in [0.1, 0.15) is 38.2 Å². The molecule has 3 N–H and O–H groups in total. The Kier molecular flexibility index (Phi) is 4.51. The number of benzene rings is 1. The summed E-state index contributed by atoms with van der Waals surface area (Å²) in [6.07, 6.45) is 4.66. The Balaban J connectivity index is 2.33. The van der Waals surface area contributed by atoms with E-state index in [1.165, 1.54) is 19.3 Å². The highest BCUT2D eigenvalue weighted by Gasteiger charge is 2.37. The van der Waals surface area contributed by atoms with Crippen LogP contribution in [0.5, 0.6) is 5.75 Å². The molecule has 1 aliphatic rings. The van der Waals surface area contributed by atoms with Gasteiger partial charge in [-0.25, -0.2) is 0 Å². The molecule has 1 aromatic carbocycles. The molecule has 0 radical (unpaired) electrons. The molecule has 1 fully saturated rings. The van der Waals surface area contributed by atoms with Gasteiger partial charge in [-0.1, -0.05) is 19.8 Å². The highest BCUT2D eigenvalue weighted by molar-refractivity contribution is 5.61. The predicted octanol–water partition coefficient (Wildman–Crippen LogP) is 2.89. The third-order valence-corrected chi connectivity index (χ3v) is 4.55. The highest BCUT2D eigenvalue weighted by Crippen LogP contribution is 2.37. The van der Waals surface area contributed by atoms with E-state index < -0.39 is 0 Å². The Morgan fingerprint density at radius 2 is 2.30 bits per heavy atom. The Morgan fingerprint density at radius 3 is 2.90 bits per heavy atom. The lowest BCUT2D eigenvalue weighted by Gasteiger charge is -2.43. The van der Waals surface area contributed by atoms with Crippen molar-refractivity contribution in [2.24, 2.45) is 11.7 Å². The second-order valence-electron chi connectivity index (χ2n) is 5.66. The second kappa shape index (κ2) is 6.15. The van der Waals surface area contributed by atoms with Crippen LogP contribution < -0.4 is 15.8 Å². The average Bonchev–Trinajstić information content (AvgIpc) is 2.49. The Labute approximate surface area is 120 Å². The molecule has 0 amide bonds. The lowest BCUT2D eigenvalue weighted by atomic mass is 9.73. The van der Waals surface area contributed by atoms with E-state index in [1.54, 1.807) is 13.2 Å². The van der Waals surface area contributed by atoms with E-state index in [1.807, 2.05) is 12.1 Å². The van der Waals surface area contributed by atoms with Gasteiger partial charge in [-0.3, -0.25) is 0 Å². The Bertz CT molecular complexity index is 509. The zero-order valence-corrected chi connectivity index (χ0v) is 12.3. The van der Waals surface area contributed by atoms with Crippen molar-refractivity contribution in [2.45, 2.75) is 38.1 Å². The molecule has 0 spiro atoms. The number of rotatable bonds is 4. The van der Waals surface area contributed by atoms with Crippen LogP contribution in [0.4, 0.5) is 5.69 Å². The van der Waals surface area contributed by atoms with Gasteiger partial charge >= 0.3 is 0 Å². The maximum atomic E-state index is 9.27. The van der Waals surface area contributed by atoms with Gasteiger partial charge in [0.25, 0.3) is 0 Å². The number of hydrogen-bond acceptors (Lipinski definition) is 4. The smallest absolute Gasteiger partial charge is 0.121 e. The Morgan fingerprint density at radius 1 is 1.50 bits per heavy atom. The zero-order valence-electron chi connectivity index (χ0n) is 12.3. The summed E-state index contributed by atoms with van der Waals surface area (Å²) >= 11 is 0. The number of nitrogens with one attached hydrogen (secondary N) is 1. The first-order valence-electron chi connectivity index (χ1n) is 7.21. The number of ether oxygens (including phenoxy) is 1. The van der Waals surface area contributed by atoms with Gasteiger partial charge < -0.3 is 15.8 Å². The van der Waals surface area contributed by atoms with Crippen LogP contribution in [0.2, 0.25) is 0 Å². The van der Waals surface area contributed by atoms with Crippen molar-refractivity contribution >= 4 is 5.69 Å². The molecule has 4 nitrogen and oxygen atoms in total. The minimum atomic E-state index is -0.115. The van der Waals surface area contributed by atoms with Gasteiger partial charge in [-0.2, -0.15) is 5.26 Å². The molecular weight excluding hydrogens is 250 g/mol. The molecule has 0 bridgehead atoms. The summed E-state index contributed by atoms with van der Waals surface area (Å²) in [5.41, 5.74) is 7.41. The van der Waals surface area contributed by atoms with Crippen molar-refractivity contribution in [2.75, 3.05) is 19.0 Å². The van der Waals surface area contributed by atoms with Gasteiger partial charge in [0, 0.05) is 12.6 Å². The average molecular weight is 273 g/mol.